The standard InChI is InChI=1S/C14H31N5/c1-13(2,3)16-11(17-14(4,5)6)15-12(18(7)8)19(9)10/h1-10H3,(H,16,17). The van der Waals surface area contributed by atoms with Crippen LogP contribution in [0.3, 0.4) is 0 Å². The van der Waals surface area contributed by atoms with Gasteiger partial charge in [0.1, 0.15) is 0 Å². The zero-order chi connectivity index (χ0) is 15.4. The van der Waals surface area contributed by atoms with E-state index in [0.29, 0.717) is 5.96 Å². The molecule has 0 aromatic heterocycles. The minimum Gasteiger partial charge on any atom is -0.350 e. The molecule has 0 aromatic carbocycles. The number of nitrogens with one attached hydrogen (secondary N) is 1. The molecule has 112 valence electrons. The molecule has 19 heavy (non-hydrogen) atoms. The highest BCUT2D eigenvalue weighted by Gasteiger charge is 2.17. The van der Waals surface area contributed by atoms with Gasteiger partial charge in [-0.2, -0.15) is 4.99 Å². The molecule has 0 atom stereocenters. The molecule has 0 aromatic rings. The molecular weight excluding hydrogens is 238 g/mol. The van der Waals surface area contributed by atoms with Crippen LogP contribution in [-0.4, -0.2) is 61.0 Å². The van der Waals surface area contributed by atoms with Crippen molar-refractivity contribution in [2.45, 2.75) is 52.6 Å². The van der Waals surface area contributed by atoms with Crippen LogP contribution in [0.1, 0.15) is 41.5 Å². The lowest BCUT2D eigenvalue weighted by Crippen LogP contribution is -2.44. The summed E-state index contributed by atoms with van der Waals surface area (Å²) >= 11 is 0. The summed E-state index contributed by atoms with van der Waals surface area (Å²) in [5.74, 6) is 1.53. The van der Waals surface area contributed by atoms with Crippen LogP contribution in [0.25, 0.3) is 0 Å². The summed E-state index contributed by atoms with van der Waals surface area (Å²) in [5.41, 5.74) is -0.238. The molecule has 0 fully saturated rings. The Morgan fingerprint density at radius 2 is 1.26 bits per heavy atom. The molecule has 0 heterocycles. The summed E-state index contributed by atoms with van der Waals surface area (Å²) in [6.45, 7) is 12.5. The van der Waals surface area contributed by atoms with E-state index in [1.165, 1.54) is 0 Å². The van der Waals surface area contributed by atoms with Crippen LogP contribution < -0.4 is 5.32 Å². The zero-order valence-electron chi connectivity index (χ0n) is 14.3. The van der Waals surface area contributed by atoms with E-state index in [1.807, 2.05) is 38.0 Å². The molecule has 0 aliphatic rings. The van der Waals surface area contributed by atoms with E-state index in [4.69, 9.17) is 0 Å². The summed E-state index contributed by atoms with van der Waals surface area (Å²) in [4.78, 5) is 13.3. The Morgan fingerprint density at radius 1 is 0.842 bits per heavy atom. The molecule has 0 amide bonds. The lowest BCUT2D eigenvalue weighted by molar-refractivity contribution is 0.476. The van der Waals surface area contributed by atoms with Gasteiger partial charge in [-0.05, 0) is 41.5 Å². The van der Waals surface area contributed by atoms with Crippen molar-refractivity contribution >= 4 is 11.9 Å². The van der Waals surface area contributed by atoms with Gasteiger partial charge in [-0.1, -0.05) is 0 Å². The smallest absolute Gasteiger partial charge is 0.222 e. The van der Waals surface area contributed by atoms with Gasteiger partial charge in [-0.25, -0.2) is 4.99 Å². The van der Waals surface area contributed by atoms with Crippen molar-refractivity contribution in [3.05, 3.63) is 0 Å². The van der Waals surface area contributed by atoms with Gasteiger partial charge in [0.25, 0.3) is 0 Å². The van der Waals surface area contributed by atoms with Crippen molar-refractivity contribution in [2.75, 3.05) is 28.2 Å². The van der Waals surface area contributed by atoms with E-state index in [0.717, 1.165) is 5.96 Å². The quantitative estimate of drug-likeness (QED) is 0.540. The van der Waals surface area contributed by atoms with Crippen LogP contribution in [0, 0.1) is 0 Å². The van der Waals surface area contributed by atoms with Gasteiger partial charge in [-0.3, -0.25) is 0 Å². The minimum atomic E-state index is -0.166. The van der Waals surface area contributed by atoms with Crippen LogP contribution in [-0.2, 0) is 0 Å². The van der Waals surface area contributed by atoms with E-state index >= 15 is 0 Å². The number of rotatable bonds is 0. The first-order valence-corrected chi connectivity index (χ1v) is 6.63. The third-order valence-electron chi connectivity index (χ3n) is 1.93. The first kappa shape index (κ1) is 17.7. The molecular formula is C14H31N5. The van der Waals surface area contributed by atoms with Crippen LogP contribution in [0.15, 0.2) is 9.98 Å². The lowest BCUT2D eigenvalue weighted by Gasteiger charge is -2.27. The van der Waals surface area contributed by atoms with Gasteiger partial charge < -0.3 is 15.1 Å². The van der Waals surface area contributed by atoms with Crippen molar-refractivity contribution in [2.24, 2.45) is 9.98 Å². The number of hydrogen-bond acceptors (Lipinski definition) is 1. The maximum absolute atomic E-state index is 4.66. The third-order valence-corrected chi connectivity index (χ3v) is 1.93. The van der Waals surface area contributed by atoms with E-state index in [2.05, 4.69) is 56.8 Å². The normalized spacial score (nSPS) is 13.1. The number of guanidine groups is 2. The molecule has 0 bridgehead atoms. The largest absolute Gasteiger partial charge is 0.350 e. The fourth-order valence-corrected chi connectivity index (χ4v) is 1.43. The Morgan fingerprint density at radius 3 is 1.53 bits per heavy atom. The fraction of sp³-hybridized carbons (Fsp3) is 0.857. The molecule has 5 heteroatoms. The molecule has 0 aliphatic carbocycles. The third kappa shape index (κ3) is 8.46. The highest BCUT2D eigenvalue weighted by atomic mass is 15.4. The second-order valence-electron chi connectivity index (χ2n) is 7.18. The average molecular weight is 269 g/mol. The SMILES string of the molecule is CN(C)C(=N/C(=N\C(C)(C)C)NC(C)(C)C)N(C)C. The molecule has 0 saturated carbocycles. The van der Waals surface area contributed by atoms with Gasteiger partial charge >= 0.3 is 0 Å². The van der Waals surface area contributed by atoms with Crippen molar-refractivity contribution in [3.63, 3.8) is 0 Å². The average Bonchev–Trinajstić information content (AvgIpc) is 2.07. The van der Waals surface area contributed by atoms with Gasteiger partial charge in [0.15, 0.2) is 0 Å². The summed E-state index contributed by atoms with van der Waals surface area (Å²) in [5, 5.41) is 3.36. The Hall–Kier alpha value is -1.26. The maximum Gasteiger partial charge on any atom is 0.222 e. The van der Waals surface area contributed by atoms with Crippen LogP contribution >= 0.6 is 0 Å². The Kier molecular flexibility index (Phi) is 5.84. The Balaban J connectivity index is 5.49. The van der Waals surface area contributed by atoms with Crippen LogP contribution in [0.2, 0.25) is 0 Å². The summed E-state index contributed by atoms with van der Waals surface area (Å²) in [7, 11) is 7.91. The Labute approximate surface area is 118 Å². The first-order valence-electron chi connectivity index (χ1n) is 6.63. The van der Waals surface area contributed by atoms with Gasteiger partial charge in [0.2, 0.25) is 11.9 Å². The van der Waals surface area contributed by atoms with Gasteiger partial charge in [-0.15, -0.1) is 0 Å². The van der Waals surface area contributed by atoms with E-state index in [1.54, 1.807) is 0 Å². The maximum atomic E-state index is 4.66. The van der Waals surface area contributed by atoms with Crippen LogP contribution in [0.5, 0.6) is 0 Å². The molecule has 0 radical (unpaired) electrons. The topological polar surface area (TPSA) is 43.2 Å². The van der Waals surface area contributed by atoms with Crippen molar-refractivity contribution in [1.82, 2.24) is 15.1 Å². The van der Waals surface area contributed by atoms with E-state index < -0.39 is 0 Å². The van der Waals surface area contributed by atoms with Gasteiger partial charge in [0, 0.05) is 33.7 Å². The molecule has 1 N–H and O–H groups in total. The summed E-state index contributed by atoms with van der Waals surface area (Å²) in [6.07, 6.45) is 0. The van der Waals surface area contributed by atoms with Crippen molar-refractivity contribution in [1.29, 1.82) is 0 Å². The van der Waals surface area contributed by atoms with E-state index in [9.17, 15) is 0 Å². The van der Waals surface area contributed by atoms with E-state index in [-0.39, 0.29) is 11.1 Å². The van der Waals surface area contributed by atoms with Crippen LogP contribution in [0.4, 0.5) is 0 Å². The molecule has 0 rings (SSSR count). The minimum absolute atomic E-state index is 0.0721. The zero-order valence-corrected chi connectivity index (χ0v) is 14.3. The molecule has 0 aliphatic heterocycles. The lowest BCUT2D eigenvalue weighted by atomic mass is 10.1. The molecule has 0 spiro atoms. The van der Waals surface area contributed by atoms with Gasteiger partial charge in [0.05, 0.1) is 5.54 Å². The van der Waals surface area contributed by atoms with Crippen molar-refractivity contribution < 1.29 is 0 Å². The second-order valence-corrected chi connectivity index (χ2v) is 7.18. The first-order chi connectivity index (χ1) is 8.32. The molecule has 0 saturated heterocycles. The highest BCUT2D eigenvalue weighted by molar-refractivity contribution is 5.95. The monoisotopic (exact) mass is 269 g/mol. The summed E-state index contributed by atoms with van der Waals surface area (Å²) in [6, 6.07) is 0. The number of aliphatic imine (C=N–C) groups is 2. The van der Waals surface area contributed by atoms with Crippen molar-refractivity contribution in [3.8, 4) is 0 Å². The highest BCUT2D eigenvalue weighted by Crippen LogP contribution is 2.09. The second kappa shape index (κ2) is 6.26. The number of nitrogens with zero attached hydrogens (tertiary/aromatic N) is 4. The Bertz CT molecular complexity index is 330. The predicted octanol–water partition coefficient (Wildman–Crippen LogP) is 2.01. The number of hydrogen-bond donors (Lipinski definition) is 1. The summed E-state index contributed by atoms with van der Waals surface area (Å²) < 4.78 is 0. The predicted molar refractivity (Wildman–Crippen MR) is 84.9 cm³/mol. The molecule has 0 unspecified atom stereocenters. The fourth-order valence-electron chi connectivity index (χ4n) is 1.43. The molecule has 5 nitrogen and oxygen atoms in total.